The smallest absolute Gasteiger partial charge is 0.149 e. The molecule has 1 heterocycles. The van der Waals surface area contributed by atoms with Gasteiger partial charge in [-0.15, -0.1) is 0 Å². The molecule has 0 saturated carbocycles. The maximum absolute atomic E-state index is 8.24. The van der Waals surface area contributed by atoms with E-state index < -0.39 is 0 Å². The number of hydrogen-bond acceptors (Lipinski definition) is 3. The van der Waals surface area contributed by atoms with Crippen molar-refractivity contribution in [3.8, 4) is 0 Å². The Hall–Kier alpha value is -0.770. The number of amidine groups is 1. The first-order valence-corrected chi connectivity index (χ1v) is 2.75. The SMILES string of the molecule is CC1(C(N)=NO)COC1. The minimum Gasteiger partial charge on any atom is -0.409 e. The molecule has 4 nitrogen and oxygen atoms in total. The second kappa shape index (κ2) is 1.88. The van der Waals surface area contributed by atoms with Gasteiger partial charge in [-0.3, -0.25) is 0 Å². The topological polar surface area (TPSA) is 67.8 Å². The minimum atomic E-state index is -0.214. The molecule has 0 radical (unpaired) electrons. The van der Waals surface area contributed by atoms with Crippen LogP contribution in [-0.2, 0) is 4.74 Å². The first-order valence-electron chi connectivity index (χ1n) is 2.75. The molecule has 0 atom stereocenters. The second-order valence-corrected chi connectivity index (χ2v) is 2.54. The zero-order chi connectivity index (χ0) is 6.91. The largest absolute Gasteiger partial charge is 0.409 e. The van der Waals surface area contributed by atoms with E-state index in [1.54, 1.807) is 0 Å². The van der Waals surface area contributed by atoms with Gasteiger partial charge >= 0.3 is 0 Å². The predicted molar refractivity (Wildman–Crippen MR) is 32.3 cm³/mol. The van der Waals surface area contributed by atoms with E-state index in [9.17, 15) is 0 Å². The van der Waals surface area contributed by atoms with Gasteiger partial charge in [-0.1, -0.05) is 5.16 Å². The molecule has 0 amide bonds. The lowest BCUT2D eigenvalue weighted by Gasteiger charge is -2.36. The van der Waals surface area contributed by atoms with Gasteiger partial charge in [-0.2, -0.15) is 0 Å². The lowest BCUT2D eigenvalue weighted by atomic mass is 9.88. The normalized spacial score (nSPS) is 25.2. The van der Waals surface area contributed by atoms with Crippen LogP contribution < -0.4 is 5.73 Å². The summed E-state index contributed by atoms with van der Waals surface area (Å²) in [4.78, 5) is 0. The van der Waals surface area contributed by atoms with Crippen molar-refractivity contribution in [2.75, 3.05) is 13.2 Å². The fraction of sp³-hybridized carbons (Fsp3) is 0.800. The third kappa shape index (κ3) is 0.853. The summed E-state index contributed by atoms with van der Waals surface area (Å²) >= 11 is 0. The van der Waals surface area contributed by atoms with Gasteiger partial charge in [0.05, 0.1) is 18.6 Å². The van der Waals surface area contributed by atoms with E-state index in [0.29, 0.717) is 13.2 Å². The average molecular weight is 130 g/mol. The first kappa shape index (κ1) is 6.35. The lowest BCUT2D eigenvalue weighted by molar-refractivity contribution is -0.0603. The molecular weight excluding hydrogens is 120 g/mol. The molecule has 0 aromatic carbocycles. The molecule has 1 fully saturated rings. The highest BCUT2D eigenvalue weighted by atomic mass is 16.5. The quantitative estimate of drug-likeness (QED) is 0.223. The van der Waals surface area contributed by atoms with Crippen molar-refractivity contribution in [1.29, 1.82) is 0 Å². The molecule has 9 heavy (non-hydrogen) atoms. The summed E-state index contributed by atoms with van der Waals surface area (Å²) in [5.41, 5.74) is 5.12. The molecule has 1 aliphatic heterocycles. The number of nitrogens with two attached hydrogens (primary N) is 1. The lowest BCUT2D eigenvalue weighted by Crippen LogP contribution is -2.50. The molecule has 0 aromatic rings. The third-order valence-electron chi connectivity index (χ3n) is 1.57. The molecule has 1 rings (SSSR count). The Morgan fingerprint density at radius 2 is 2.33 bits per heavy atom. The van der Waals surface area contributed by atoms with E-state index >= 15 is 0 Å². The zero-order valence-corrected chi connectivity index (χ0v) is 5.29. The van der Waals surface area contributed by atoms with Gasteiger partial charge in [0.2, 0.25) is 0 Å². The highest BCUT2D eigenvalue weighted by Gasteiger charge is 2.37. The molecule has 0 aromatic heterocycles. The number of hydrogen-bond donors (Lipinski definition) is 2. The van der Waals surface area contributed by atoms with Gasteiger partial charge in [0.25, 0.3) is 0 Å². The highest BCUT2D eigenvalue weighted by molar-refractivity contribution is 5.86. The summed E-state index contributed by atoms with van der Waals surface area (Å²) in [7, 11) is 0. The molecule has 0 bridgehead atoms. The summed E-state index contributed by atoms with van der Waals surface area (Å²) in [5.74, 6) is 0.258. The van der Waals surface area contributed by atoms with Gasteiger partial charge in [0, 0.05) is 0 Å². The molecule has 0 aliphatic carbocycles. The maximum atomic E-state index is 8.24. The summed E-state index contributed by atoms with van der Waals surface area (Å²) in [5, 5.41) is 11.1. The Morgan fingerprint density at radius 1 is 1.78 bits per heavy atom. The fourth-order valence-corrected chi connectivity index (χ4v) is 0.677. The van der Waals surface area contributed by atoms with Crippen LogP contribution in [-0.4, -0.2) is 24.3 Å². The Bertz CT molecular complexity index is 140. The van der Waals surface area contributed by atoms with E-state index in [-0.39, 0.29) is 11.3 Å². The monoisotopic (exact) mass is 130 g/mol. The Morgan fingerprint density at radius 3 is 2.44 bits per heavy atom. The first-order chi connectivity index (χ1) is 4.19. The molecule has 4 heteroatoms. The molecule has 1 aliphatic rings. The molecular formula is C5H10N2O2. The molecule has 3 N–H and O–H groups in total. The summed E-state index contributed by atoms with van der Waals surface area (Å²) in [6, 6.07) is 0. The van der Waals surface area contributed by atoms with Crippen molar-refractivity contribution in [3.63, 3.8) is 0 Å². The van der Waals surface area contributed by atoms with Crippen LogP contribution in [0.1, 0.15) is 6.92 Å². The van der Waals surface area contributed by atoms with E-state index in [1.807, 2.05) is 6.92 Å². The van der Waals surface area contributed by atoms with Crippen LogP contribution in [0, 0.1) is 5.41 Å². The van der Waals surface area contributed by atoms with Gasteiger partial charge < -0.3 is 15.7 Å². The zero-order valence-electron chi connectivity index (χ0n) is 5.29. The van der Waals surface area contributed by atoms with Crippen molar-refractivity contribution in [2.45, 2.75) is 6.92 Å². The standard InChI is InChI=1S/C5H10N2O2/c1-5(2-9-3-5)4(6)7-8/h8H,2-3H2,1H3,(H2,6,7). The van der Waals surface area contributed by atoms with Crippen LogP contribution in [0.15, 0.2) is 5.16 Å². The summed E-state index contributed by atoms with van der Waals surface area (Å²) < 4.78 is 4.89. The third-order valence-corrected chi connectivity index (χ3v) is 1.57. The van der Waals surface area contributed by atoms with Crippen molar-refractivity contribution in [3.05, 3.63) is 0 Å². The number of rotatable bonds is 1. The predicted octanol–water partition coefficient (Wildman–Crippen LogP) is -0.231. The molecule has 1 saturated heterocycles. The van der Waals surface area contributed by atoms with Gasteiger partial charge in [0.1, 0.15) is 5.84 Å². The fourth-order valence-electron chi connectivity index (χ4n) is 0.677. The Balaban J connectivity index is 2.59. The second-order valence-electron chi connectivity index (χ2n) is 2.54. The maximum Gasteiger partial charge on any atom is 0.149 e. The van der Waals surface area contributed by atoms with Crippen LogP contribution in [0.25, 0.3) is 0 Å². The summed E-state index contributed by atoms with van der Waals surface area (Å²) in [6.07, 6.45) is 0. The van der Waals surface area contributed by atoms with Crippen LogP contribution in [0.5, 0.6) is 0 Å². The molecule has 52 valence electrons. The average Bonchev–Trinajstić information content (AvgIpc) is 1.81. The number of oxime groups is 1. The van der Waals surface area contributed by atoms with Crippen molar-refractivity contribution in [1.82, 2.24) is 0 Å². The summed E-state index contributed by atoms with van der Waals surface area (Å²) in [6.45, 7) is 3.01. The Labute approximate surface area is 53.3 Å². The van der Waals surface area contributed by atoms with Crippen LogP contribution in [0.3, 0.4) is 0 Å². The van der Waals surface area contributed by atoms with Crippen molar-refractivity contribution < 1.29 is 9.94 Å². The van der Waals surface area contributed by atoms with E-state index in [4.69, 9.17) is 15.7 Å². The Kier molecular flexibility index (Phi) is 1.32. The van der Waals surface area contributed by atoms with Crippen LogP contribution in [0.2, 0.25) is 0 Å². The van der Waals surface area contributed by atoms with Crippen LogP contribution in [0.4, 0.5) is 0 Å². The van der Waals surface area contributed by atoms with E-state index in [0.717, 1.165) is 0 Å². The van der Waals surface area contributed by atoms with Crippen molar-refractivity contribution >= 4 is 5.84 Å². The van der Waals surface area contributed by atoms with Gasteiger partial charge in [-0.05, 0) is 6.92 Å². The highest BCUT2D eigenvalue weighted by Crippen LogP contribution is 2.25. The number of nitrogens with zero attached hydrogens (tertiary/aromatic N) is 1. The molecule has 0 spiro atoms. The van der Waals surface area contributed by atoms with Gasteiger partial charge in [-0.25, -0.2) is 0 Å². The minimum absolute atomic E-state index is 0.214. The van der Waals surface area contributed by atoms with E-state index in [1.165, 1.54) is 0 Å². The number of ether oxygens (including phenoxy) is 1. The van der Waals surface area contributed by atoms with Crippen LogP contribution >= 0.6 is 0 Å². The molecule has 0 unspecified atom stereocenters. The van der Waals surface area contributed by atoms with E-state index in [2.05, 4.69) is 5.16 Å². The van der Waals surface area contributed by atoms with Crippen molar-refractivity contribution in [2.24, 2.45) is 16.3 Å². The van der Waals surface area contributed by atoms with Gasteiger partial charge in [0.15, 0.2) is 0 Å².